The number of carbonyl (C=O) groups excluding carboxylic acids is 2. The fourth-order valence-electron chi connectivity index (χ4n) is 4.30. The van der Waals surface area contributed by atoms with Crippen LogP contribution in [-0.2, 0) is 9.59 Å². The van der Waals surface area contributed by atoms with E-state index in [1.165, 1.54) is 31.3 Å². The van der Waals surface area contributed by atoms with Crippen LogP contribution in [0.5, 0.6) is 11.5 Å². The maximum absolute atomic E-state index is 13.2. The molecule has 1 N–H and O–H groups in total. The summed E-state index contributed by atoms with van der Waals surface area (Å²) in [6.45, 7) is 5.93. The summed E-state index contributed by atoms with van der Waals surface area (Å²) >= 11 is 0. The standard InChI is InChI=1S/C26H29N3O4/c1-4-14-29-25(30)23(18-8-13-21(32-2)22(17-18)33-3)24(26(29)31)27-19-9-11-20(12-10-19)28-15-6-5-7-16-28/h4,8-13,17,27H,1,5-7,14-16H2,2-3H3. The third-order valence-electron chi connectivity index (χ3n) is 6.01. The Balaban J connectivity index is 1.68. The number of imide groups is 1. The highest BCUT2D eigenvalue weighted by molar-refractivity contribution is 6.36. The molecule has 33 heavy (non-hydrogen) atoms. The Morgan fingerprint density at radius 3 is 2.27 bits per heavy atom. The van der Waals surface area contributed by atoms with Crippen molar-refractivity contribution in [2.24, 2.45) is 0 Å². The summed E-state index contributed by atoms with van der Waals surface area (Å²) in [6.07, 6.45) is 5.23. The van der Waals surface area contributed by atoms with Gasteiger partial charge >= 0.3 is 0 Å². The maximum Gasteiger partial charge on any atom is 0.278 e. The van der Waals surface area contributed by atoms with Crippen molar-refractivity contribution in [2.75, 3.05) is 44.1 Å². The smallest absolute Gasteiger partial charge is 0.278 e. The first kappa shape index (κ1) is 22.5. The molecule has 2 aliphatic rings. The lowest BCUT2D eigenvalue weighted by Gasteiger charge is -2.28. The number of rotatable bonds is 8. The van der Waals surface area contributed by atoms with Crippen LogP contribution in [0.25, 0.3) is 5.57 Å². The van der Waals surface area contributed by atoms with Crippen molar-refractivity contribution in [2.45, 2.75) is 19.3 Å². The van der Waals surface area contributed by atoms with Gasteiger partial charge in [-0.2, -0.15) is 0 Å². The number of nitrogens with zero attached hydrogens (tertiary/aromatic N) is 2. The third-order valence-corrected chi connectivity index (χ3v) is 6.01. The first-order valence-electron chi connectivity index (χ1n) is 11.1. The van der Waals surface area contributed by atoms with Gasteiger partial charge in [-0.25, -0.2) is 0 Å². The van der Waals surface area contributed by atoms with E-state index in [-0.39, 0.29) is 24.1 Å². The van der Waals surface area contributed by atoms with Gasteiger partial charge in [-0.1, -0.05) is 12.1 Å². The first-order valence-corrected chi connectivity index (χ1v) is 11.1. The third kappa shape index (κ3) is 4.44. The molecule has 0 bridgehead atoms. The van der Waals surface area contributed by atoms with Crippen molar-refractivity contribution in [1.29, 1.82) is 0 Å². The summed E-state index contributed by atoms with van der Waals surface area (Å²) in [7, 11) is 3.08. The molecule has 172 valence electrons. The van der Waals surface area contributed by atoms with E-state index in [0.717, 1.165) is 24.5 Å². The molecule has 2 amide bonds. The van der Waals surface area contributed by atoms with Gasteiger partial charge in [0.2, 0.25) is 0 Å². The molecule has 0 spiro atoms. The van der Waals surface area contributed by atoms with Gasteiger partial charge in [0, 0.05) is 31.0 Å². The quantitative estimate of drug-likeness (QED) is 0.486. The van der Waals surface area contributed by atoms with Gasteiger partial charge < -0.3 is 19.7 Å². The van der Waals surface area contributed by atoms with Crippen LogP contribution in [0, 0.1) is 0 Å². The zero-order valence-corrected chi connectivity index (χ0v) is 19.1. The zero-order valence-electron chi connectivity index (χ0n) is 19.1. The topological polar surface area (TPSA) is 71.1 Å². The Morgan fingerprint density at radius 1 is 0.939 bits per heavy atom. The van der Waals surface area contributed by atoms with Crippen LogP contribution in [0.2, 0.25) is 0 Å². The number of piperidine rings is 1. The minimum Gasteiger partial charge on any atom is -0.493 e. The number of nitrogens with one attached hydrogen (secondary N) is 1. The number of carbonyl (C=O) groups is 2. The van der Waals surface area contributed by atoms with Crippen LogP contribution >= 0.6 is 0 Å². The molecular formula is C26H29N3O4. The largest absolute Gasteiger partial charge is 0.493 e. The van der Waals surface area contributed by atoms with Crippen molar-refractivity contribution >= 4 is 28.8 Å². The number of amides is 2. The Hall–Kier alpha value is -3.74. The minimum absolute atomic E-state index is 0.132. The first-order chi connectivity index (χ1) is 16.1. The normalized spacial score (nSPS) is 16.3. The molecule has 7 nitrogen and oxygen atoms in total. The number of ether oxygens (including phenoxy) is 2. The van der Waals surface area contributed by atoms with Gasteiger partial charge in [0.25, 0.3) is 11.8 Å². The van der Waals surface area contributed by atoms with E-state index < -0.39 is 0 Å². The molecule has 2 aliphatic heterocycles. The molecule has 0 unspecified atom stereocenters. The lowest BCUT2D eigenvalue weighted by atomic mass is 10.0. The number of methoxy groups -OCH3 is 2. The van der Waals surface area contributed by atoms with Crippen LogP contribution in [0.1, 0.15) is 24.8 Å². The highest BCUT2D eigenvalue weighted by Crippen LogP contribution is 2.36. The van der Waals surface area contributed by atoms with E-state index in [0.29, 0.717) is 22.6 Å². The Morgan fingerprint density at radius 2 is 1.64 bits per heavy atom. The molecule has 0 saturated carbocycles. The van der Waals surface area contributed by atoms with Crippen LogP contribution < -0.4 is 19.7 Å². The van der Waals surface area contributed by atoms with Crippen molar-refractivity contribution in [1.82, 2.24) is 4.90 Å². The molecule has 1 saturated heterocycles. The van der Waals surface area contributed by atoms with Crippen molar-refractivity contribution < 1.29 is 19.1 Å². The molecule has 0 atom stereocenters. The zero-order chi connectivity index (χ0) is 23.4. The summed E-state index contributed by atoms with van der Waals surface area (Å²) in [5, 5.41) is 3.20. The summed E-state index contributed by atoms with van der Waals surface area (Å²) in [4.78, 5) is 29.9. The summed E-state index contributed by atoms with van der Waals surface area (Å²) in [5.41, 5.74) is 3.01. The van der Waals surface area contributed by atoms with Crippen LogP contribution in [0.3, 0.4) is 0 Å². The fraction of sp³-hybridized carbons (Fsp3) is 0.308. The Labute approximate surface area is 194 Å². The molecule has 2 heterocycles. The van der Waals surface area contributed by atoms with Crippen LogP contribution in [0.4, 0.5) is 11.4 Å². The second-order valence-electron chi connectivity index (χ2n) is 8.05. The van der Waals surface area contributed by atoms with E-state index >= 15 is 0 Å². The predicted octanol–water partition coefficient (Wildman–Crippen LogP) is 4.07. The van der Waals surface area contributed by atoms with E-state index in [4.69, 9.17) is 9.47 Å². The van der Waals surface area contributed by atoms with Crippen molar-refractivity contribution in [3.63, 3.8) is 0 Å². The van der Waals surface area contributed by atoms with Gasteiger partial charge in [-0.15, -0.1) is 6.58 Å². The Kier molecular flexibility index (Phi) is 6.68. The van der Waals surface area contributed by atoms with Gasteiger partial charge in [0.05, 0.1) is 19.8 Å². The molecule has 1 fully saturated rings. The molecular weight excluding hydrogens is 418 g/mol. The SMILES string of the molecule is C=CCN1C(=O)C(Nc2ccc(N3CCCCC3)cc2)=C(c2ccc(OC)c(OC)c2)C1=O. The summed E-state index contributed by atoms with van der Waals surface area (Å²) in [5.74, 6) is 0.267. The lowest BCUT2D eigenvalue weighted by Crippen LogP contribution is -2.32. The highest BCUT2D eigenvalue weighted by atomic mass is 16.5. The van der Waals surface area contributed by atoms with E-state index in [9.17, 15) is 9.59 Å². The second-order valence-corrected chi connectivity index (χ2v) is 8.05. The number of benzene rings is 2. The predicted molar refractivity (Wildman–Crippen MR) is 130 cm³/mol. The Bertz CT molecular complexity index is 1090. The number of hydrogen-bond donors (Lipinski definition) is 1. The minimum atomic E-state index is -0.384. The van der Waals surface area contributed by atoms with Gasteiger partial charge in [-0.3, -0.25) is 14.5 Å². The van der Waals surface area contributed by atoms with E-state index in [1.807, 2.05) is 24.3 Å². The van der Waals surface area contributed by atoms with Crippen molar-refractivity contribution in [3.8, 4) is 11.5 Å². The average molecular weight is 448 g/mol. The maximum atomic E-state index is 13.2. The molecule has 2 aromatic carbocycles. The highest BCUT2D eigenvalue weighted by Gasteiger charge is 2.38. The molecule has 7 heteroatoms. The summed E-state index contributed by atoms with van der Waals surface area (Å²) in [6, 6.07) is 13.2. The van der Waals surface area contributed by atoms with Gasteiger partial charge in [0.1, 0.15) is 5.70 Å². The molecule has 0 radical (unpaired) electrons. The summed E-state index contributed by atoms with van der Waals surface area (Å²) < 4.78 is 10.7. The van der Waals surface area contributed by atoms with Crippen LogP contribution in [0.15, 0.2) is 60.8 Å². The molecule has 0 aliphatic carbocycles. The van der Waals surface area contributed by atoms with Gasteiger partial charge in [-0.05, 0) is 61.2 Å². The fourth-order valence-corrected chi connectivity index (χ4v) is 4.30. The monoisotopic (exact) mass is 447 g/mol. The average Bonchev–Trinajstić information content (AvgIpc) is 3.09. The molecule has 0 aromatic heterocycles. The van der Waals surface area contributed by atoms with Gasteiger partial charge in [0.15, 0.2) is 11.5 Å². The van der Waals surface area contributed by atoms with E-state index in [1.54, 1.807) is 31.4 Å². The van der Waals surface area contributed by atoms with Crippen molar-refractivity contribution in [3.05, 3.63) is 66.4 Å². The molecule has 4 rings (SSSR count). The number of hydrogen-bond acceptors (Lipinski definition) is 6. The number of anilines is 2. The lowest BCUT2D eigenvalue weighted by molar-refractivity contribution is -0.136. The second kappa shape index (κ2) is 9.81. The van der Waals surface area contributed by atoms with E-state index in [2.05, 4.69) is 16.8 Å². The molecule has 2 aromatic rings. The van der Waals surface area contributed by atoms with Crippen LogP contribution in [-0.4, -0.2) is 50.6 Å².